The van der Waals surface area contributed by atoms with Gasteiger partial charge in [-0.3, -0.25) is 0 Å². The fourth-order valence-corrected chi connectivity index (χ4v) is 7.68. The first kappa shape index (κ1) is 15.9. The Balaban J connectivity index is 1.63. The van der Waals surface area contributed by atoms with Crippen molar-refractivity contribution in [3.63, 3.8) is 0 Å². The van der Waals surface area contributed by atoms with Gasteiger partial charge in [-0.25, -0.2) is 0 Å². The summed E-state index contributed by atoms with van der Waals surface area (Å²) in [5, 5.41) is 20.5. The number of aliphatic hydroxyl groups excluding tert-OH is 2. The fraction of sp³-hybridized carbons (Fsp3) is 1.00. The molecule has 0 bridgehead atoms. The van der Waals surface area contributed by atoms with Crippen LogP contribution >= 0.6 is 15.9 Å². The third-order valence-corrected chi connectivity index (χ3v) is 8.95. The van der Waals surface area contributed by atoms with E-state index in [4.69, 9.17) is 4.74 Å². The van der Waals surface area contributed by atoms with Gasteiger partial charge in [0.05, 0.1) is 12.7 Å². The summed E-state index contributed by atoms with van der Waals surface area (Å²) >= 11 is 3.73. The molecule has 4 fully saturated rings. The molecule has 1 saturated heterocycles. The van der Waals surface area contributed by atoms with Gasteiger partial charge in [0.25, 0.3) is 0 Å². The van der Waals surface area contributed by atoms with Gasteiger partial charge in [-0.15, -0.1) is 0 Å². The topological polar surface area (TPSA) is 49.7 Å². The smallest absolute Gasteiger partial charge is 0.154 e. The van der Waals surface area contributed by atoms with E-state index < -0.39 is 6.29 Å². The van der Waals surface area contributed by atoms with Gasteiger partial charge >= 0.3 is 0 Å². The van der Waals surface area contributed by atoms with Gasteiger partial charge in [0.15, 0.2) is 6.29 Å². The molecule has 126 valence electrons. The molecule has 0 aromatic rings. The molecule has 3 aliphatic carbocycles. The Labute approximate surface area is 141 Å². The van der Waals surface area contributed by atoms with Gasteiger partial charge in [0, 0.05) is 11.2 Å². The van der Waals surface area contributed by atoms with Crippen molar-refractivity contribution in [1.29, 1.82) is 0 Å². The van der Waals surface area contributed by atoms with E-state index in [9.17, 15) is 10.2 Å². The molecule has 0 spiro atoms. The van der Waals surface area contributed by atoms with Crippen molar-refractivity contribution in [3.8, 4) is 0 Å². The van der Waals surface area contributed by atoms with Crippen molar-refractivity contribution in [2.45, 2.75) is 69.6 Å². The molecule has 0 radical (unpaired) electrons. The average molecular weight is 373 g/mol. The summed E-state index contributed by atoms with van der Waals surface area (Å²) in [5.74, 6) is 2.65. The van der Waals surface area contributed by atoms with E-state index in [1.54, 1.807) is 0 Å². The molecule has 0 amide bonds. The molecule has 4 heteroatoms. The average Bonchev–Trinajstić information content (AvgIpc) is 2.72. The van der Waals surface area contributed by atoms with E-state index >= 15 is 0 Å². The van der Waals surface area contributed by atoms with Crippen LogP contribution in [0.5, 0.6) is 0 Å². The van der Waals surface area contributed by atoms with Crippen LogP contribution in [0.1, 0.15) is 52.4 Å². The number of alkyl halides is 1. The normalized spacial score (nSPS) is 61.2. The van der Waals surface area contributed by atoms with E-state index in [-0.39, 0.29) is 21.8 Å². The van der Waals surface area contributed by atoms with Gasteiger partial charge in [-0.1, -0.05) is 29.8 Å². The number of ether oxygens (including phenoxy) is 1. The van der Waals surface area contributed by atoms with Crippen molar-refractivity contribution in [2.75, 3.05) is 6.61 Å². The number of aliphatic hydroxyl groups is 2. The maximum Gasteiger partial charge on any atom is 0.154 e. The minimum atomic E-state index is -0.552. The van der Waals surface area contributed by atoms with E-state index in [2.05, 4.69) is 29.8 Å². The number of fused-ring (bicyclic) bond motifs is 5. The second-order valence-electron chi connectivity index (χ2n) is 8.90. The highest BCUT2D eigenvalue weighted by Gasteiger charge is 2.62. The molecule has 3 nitrogen and oxygen atoms in total. The molecule has 4 aliphatic rings. The van der Waals surface area contributed by atoms with Crippen LogP contribution in [-0.2, 0) is 4.74 Å². The van der Waals surface area contributed by atoms with Crippen molar-refractivity contribution >= 4 is 15.9 Å². The maximum atomic E-state index is 10.7. The molecule has 0 aromatic carbocycles. The maximum absolute atomic E-state index is 10.7. The number of rotatable bonds is 0. The summed E-state index contributed by atoms with van der Waals surface area (Å²) in [5.41, 5.74) is 0.312. The number of hydrogen-bond donors (Lipinski definition) is 2. The third kappa shape index (κ3) is 2.03. The molecule has 3 saturated carbocycles. The van der Waals surface area contributed by atoms with Crippen LogP contribution in [0.4, 0.5) is 0 Å². The Morgan fingerprint density at radius 3 is 2.55 bits per heavy atom. The Morgan fingerprint density at radius 1 is 1.00 bits per heavy atom. The molecule has 0 aromatic heterocycles. The summed E-state index contributed by atoms with van der Waals surface area (Å²) in [6, 6.07) is 0. The Hall–Kier alpha value is 0.360. The first-order valence-corrected chi connectivity index (χ1v) is 9.89. The first-order valence-electron chi connectivity index (χ1n) is 8.98. The second kappa shape index (κ2) is 5.18. The molecule has 4 rings (SSSR count). The predicted octanol–water partition coefficient (Wildman–Crippen LogP) is 3.32. The van der Waals surface area contributed by atoms with Crippen LogP contribution in [-0.4, -0.2) is 34.0 Å². The van der Waals surface area contributed by atoms with Crippen LogP contribution in [0, 0.1) is 34.5 Å². The summed E-state index contributed by atoms with van der Waals surface area (Å²) in [4.78, 5) is 0.260. The first-order chi connectivity index (χ1) is 10.4. The monoisotopic (exact) mass is 372 g/mol. The predicted molar refractivity (Wildman–Crippen MR) is 88.6 cm³/mol. The van der Waals surface area contributed by atoms with E-state index in [0.29, 0.717) is 24.4 Å². The molecule has 9 atom stereocenters. The second-order valence-corrected chi connectivity index (χ2v) is 10.1. The highest BCUT2D eigenvalue weighted by Crippen LogP contribution is 2.65. The molecular formula is C18H29BrO3. The lowest BCUT2D eigenvalue weighted by molar-refractivity contribution is -0.227. The third-order valence-electron chi connectivity index (χ3n) is 8.07. The summed E-state index contributed by atoms with van der Waals surface area (Å²) in [7, 11) is 0. The van der Waals surface area contributed by atoms with E-state index in [1.807, 2.05) is 0 Å². The van der Waals surface area contributed by atoms with Crippen LogP contribution in [0.15, 0.2) is 0 Å². The Kier molecular flexibility index (Phi) is 3.73. The molecule has 22 heavy (non-hydrogen) atoms. The quantitative estimate of drug-likeness (QED) is 0.641. The van der Waals surface area contributed by atoms with Gasteiger partial charge in [-0.05, 0) is 66.6 Å². The van der Waals surface area contributed by atoms with Crippen LogP contribution < -0.4 is 0 Å². The summed E-state index contributed by atoms with van der Waals surface area (Å²) in [6.45, 7) is 5.43. The molecule has 1 aliphatic heterocycles. The Bertz CT molecular complexity index is 458. The van der Waals surface area contributed by atoms with Gasteiger partial charge < -0.3 is 14.9 Å². The number of hydrogen-bond acceptors (Lipinski definition) is 3. The number of halogens is 1. The lowest BCUT2D eigenvalue weighted by Gasteiger charge is -2.60. The summed E-state index contributed by atoms with van der Waals surface area (Å²) in [6.07, 6.45) is 6.00. The van der Waals surface area contributed by atoms with Crippen LogP contribution in [0.3, 0.4) is 0 Å². The van der Waals surface area contributed by atoms with Crippen molar-refractivity contribution in [2.24, 2.45) is 34.5 Å². The highest BCUT2D eigenvalue weighted by atomic mass is 79.9. The molecule has 1 heterocycles. The fourth-order valence-electron chi connectivity index (χ4n) is 6.68. The Morgan fingerprint density at radius 2 is 1.77 bits per heavy atom. The van der Waals surface area contributed by atoms with Gasteiger partial charge in [0.2, 0.25) is 0 Å². The summed E-state index contributed by atoms with van der Waals surface area (Å²) < 4.78 is 5.67. The zero-order chi connectivity index (χ0) is 15.7. The SMILES string of the molecule is C[C@]12CO[C@@H](O)C[C@H]1CC[C@@H]1[C@@H]2CC[C@]2(C)[C@@H](O)[C@H](Br)C[C@@H]12. The van der Waals surface area contributed by atoms with E-state index in [0.717, 1.165) is 25.2 Å². The minimum Gasteiger partial charge on any atom is -0.391 e. The molecule has 2 N–H and O–H groups in total. The molecular weight excluding hydrogens is 344 g/mol. The minimum absolute atomic E-state index is 0.0908. The standard InChI is InChI=1S/C18H29BrO3/c1-17-6-5-12-11(13(17)8-14(19)16(17)21)4-3-10-7-15(20)22-9-18(10,12)2/h10-16,20-21H,3-9H2,1-2H3/t10-,11-,12+,13+,14-,15-,16+,17+,18+/m1/s1. The largest absolute Gasteiger partial charge is 0.391 e. The van der Waals surface area contributed by atoms with Crippen molar-refractivity contribution < 1.29 is 14.9 Å². The van der Waals surface area contributed by atoms with Crippen LogP contribution in [0.25, 0.3) is 0 Å². The van der Waals surface area contributed by atoms with Crippen LogP contribution in [0.2, 0.25) is 0 Å². The van der Waals surface area contributed by atoms with E-state index in [1.165, 1.54) is 19.3 Å². The highest BCUT2D eigenvalue weighted by molar-refractivity contribution is 9.09. The molecule has 0 unspecified atom stereocenters. The zero-order valence-electron chi connectivity index (χ0n) is 13.7. The van der Waals surface area contributed by atoms with Gasteiger partial charge in [0.1, 0.15) is 0 Å². The van der Waals surface area contributed by atoms with Crippen molar-refractivity contribution in [3.05, 3.63) is 0 Å². The van der Waals surface area contributed by atoms with Gasteiger partial charge in [-0.2, -0.15) is 0 Å². The lowest BCUT2D eigenvalue weighted by Crippen LogP contribution is -2.56. The zero-order valence-corrected chi connectivity index (χ0v) is 15.3. The lowest BCUT2D eigenvalue weighted by atomic mass is 9.47. The van der Waals surface area contributed by atoms with Crippen molar-refractivity contribution in [1.82, 2.24) is 0 Å².